The van der Waals surface area contributed by atoms with Crippen molar-refractivity contribution in [3.8, 4) is 0 Å². The molecule has 17 heavy (non-hydrogen) atoms. The molecule has 1 aromatic carbocycles. The van der Waals surface area contributed by atoms with Gasteiger partial charge in [0.2, 0.25) is 5.91 Å². The van der Waals surface area contributed by atoms with E-state index in [0.29, 0.717) is 6.42 Å². The highest BCUT2D eigenvalue weighted by Gasteiger charge is 2.25. The molecule has 1 saturated heterocycles. The number of rotatable bonds is 3. The number of piperidine rings is 1. The second kappa shape index (κ2) is 5.82. The number of hydrogen-bond acceptors (Lipinski definition) is 2. The Kier molecular flexibility index (Phi) is 4.15. The van der Waals surface area contributed by atoms with Crippen molar-refractivity contribution in [3.63, 3.8) is 0 Å². The van der Waals surface area contributed by atoms with E-state index in [-0.39, 0.29) is 12.1 Å². The number of nitrogens with zero attached hydrogens (tertiary/aromatic N) is 1. The van der Waals surface area contributed by atoms with Crippen LogP contribution >= 0.6 is 0 Å². The van der Waals surface area contributed by atoms with Gasteiger partial charge in [0, 0.05) is 13.7 Å². The van der Waals surface area contributed by atoms with Crippen LogP contribution in [0.4, 0.5) is 0 Å². The highest BCUT2D eigenvalue weighted by Crippen LogP contribution is 2.18. The molecule has 3 nitrogen and oxygen atoms in total. The van der Waals surface area contributed by atoms with Crippen LogP contribution in [0.3, 0.4) is 0 Å². The smallest absolute Gasteiger partial charge is 0.229 e. The first-order valence-corrected chi connectivity index (χ1v) is 6.17. The zero-order chi connectivity index (χ0) is 12.1. The van der Waals surface area contributed by atoms with E-state index in [1.165, 1.54) is 0 Å². The van der Waals surface area contributed by atoms with Crippen LogP contribution in [0.2, 0.25) is 0 Å². The first-order chi connectivity index (χ1) is 8.31. The Balaban J connectivity index is 1.99. The number of likely N-dealkylation sites (tertiary alicyclic amines) is 1. The van der Waals surface area contributed by atoms with E-state index in [4.69, 9.17) is 4.74 Å². The van der Waals surface area contributed by atoms with E-state index in [9.17, 15) is 4.79 Å². The Morgan fingerprint density at radius 2 is 2.12 bits per heavy atom. The average molecular weight is 233 g/mol. The molecule has 0 saturated carbocycles. The summed E-state index contributed by atoms with van der Waals surface area (Å²) in [7, 11) is 1.68. The van der Waals surface area contributed by atoms with Crippen LogP contribution in [0.1, 0.15) is 24.8 Å². The van der Waals surface area contributed by atoms with Crippen LogP contribution in [0.5, 0.6) is 0 Å². The Morgan fingerprint density at radius 1 is 1.35 bits per heavy atom. The summed E-state index contributed by atoms with van der Waals surface area (Å²) in [5, 5.41) is 0. The van der Waals surface area contributed by atoms with Gasteiger partial charge in [-0.15, -0.1) is 0 Å². The van der Waals surface area contributed by atoms with Gasteiger partial charge in [-0.05, 0) is 24.8 Å². The molecule has 1 aromatic rings. The maximum Gasteiger partial charge on any atom is 0.229 e. The number of amides is 1. The molecular weight excluding hydrogens is 214 g/mol. The molecule has 0 bridgehead atoms. The second-order valence-electron chi connectivity index (χ2n) is 4.44. The third-order valence-corrected chi connectivity index (χ3v) is 3.24. The summed E-state index contributed by atoms with van der Waals surface area (Å²) in [5.74, 6) is 0.169. The van der Waals surface area contributed by atoms with Gasteiger partial charge in [-0.1, -0.05) is 30.3 Å². The summed E-state index contributed by atoms with van der Waals surface area (Å²) in [6.45, 7) is 0.824. The van der Waals surface area contributed by atoms with Gasteiger partial charge < -0.3 is 9.64 Å². The molecule has 0 spiro atoms. The largest absolute Gasteiger partial charge is 0.362 e. The highest BCUT2D eigenvalue weighted by molar-refractivity contribution is 5.79. The lowest BCUT2D eigenvalue weighted by atomic mass is 10.1. The van der Waals surface area contributed by atoms with Gasteiger partial charge >= 0.3 is 0 Å². The fourth-order valence-electron chi connectivity index (χ4n) is 2.30. The van der Waals surface area contributed by atoms with Gasteiger partial charge in [-0.25, -0.2) is 0 Å². The zero-order valence-corrected chi connectivity index (χ0v) is 10.3. The lowest BCUT2D eigenvalue weighted by Crippen LogP contribution is -2.45. The minimum Gasteiger partial charge on any atom is -0.362 e. The molecule has 0 aromatic heterocycles. The monoisotopic (exact) mass is 233 g/mol. The topological polar surface area (TPSA) is 29.5 Å². The molecule has 1 heterocycles. The number of benzene rings is 1. The predicted molar refractivity (Wildman–Crippen MR) is 66.5 cm³/mol. The molecule has 0 radical (unpaired) electrons. The molecule has 92 valence electrons. The van der Waals surface area contributed by atoms with E-state index in [0.717, 1.165) is 31.4 Å². The Labute approximate surface area is 102 Å². The summed E-state index contributed by atoms with van der Waals surface area (Å²) in [6, 6.07) is 9.87. The Bertz CT molecular complexity index is 364. The Hall–Kier alpha value is -1.35. The van der Waals surface area contributed by atoms with Gasteiger partial charge in [-0.3, -0.25) is 4.79 Å². The van der Waals surface area contributed by atoms with Crippen LogP contribution in [0, 0.1) is 0 Å². The van der Waals surface area contributed by atoms with Crippen molar-refractivity contribution in [2.45, 2.75) is 31.9 Å². The van der Waals surface area contributed by atoms with Gasteiger partial charge in [0.05, 0.1) is 6.42 Å². The SMILES string of the molecule is COC1CCCCN1C(=O)Cc1ccccc1. The first kappa shape index (κ1) is 12.1. The summed E-state index contributed by atoms with van der Waals surface area (Å²) in [5.41, 5.74) is 1.07. The summed E-state index contributed by atoms with van der Waals surface area (Å²) in [6.07, 6.45) is 3.63. The third-order valence-electron chi connectivity index (χ3n) is 3.24. The summed E-state index contributed by atoms with van der Waals surface area (Å²) < 4.78 is 5.37. The number of carbonyl (C=O) groups is 1. The third kappa shape index (κ3) is 3.07. The number of methoxy groups -OCH3 is 1. The van der Waals surface area contributed by atoms with Crippen molar-refractivity contribution < 1.29 is 9.53 Å². The van der Waals surface area contributed by atoms with E-state index >= 15 is 0 Å². The maximum absolute atomic E-state index is 12.2. The van der Waals surface area contributed by atoms with Crippen LogP contribution < -0.4 is 0 Å². The number of hydrogen-bond donors (Lipinski definition) is 0. The van der Waals surface area contributed by atoms with Crippen LogP contribution in [0.15, 0.2) is 30.3 Å². The number of carbonyl (C=O) groups excluding carboxylic acids is 1. The van der Waals surface area contributed by atoms with Crippen molar-refractivity contribution in [1.29, 1.82) is 0 Å². The predicted octanol–water partition coefficient (Wildman–Crippen LogP) is 2.21. The number of ether oxygens (including phenoxy) is 1. The lowest BCUT2D eigenvalue weighted by Gasteiger charge is -2.34. The summed E-state index contributed by atoms with van der Waals surface area (Å²) in [4.78, 5) is 14.1. The molecule has 1 unspecified atom stereocenters. The van der Waals surface area contributed by atoms with Gasteiger partial charge in [-0.2, -0.15) is 0 Å². The average Bonchev–Trinajstić information content (AvgIpc) is 2.40. The van der Waals surface area contributed by atoms with Gasteiger partial charge in [0.25, 0.3) is 0 Å². The fraction of sp³-hybridized carbons (Fsp3) is 0.500. The van der Waals surface area contributed by atoms with E-state index < -0.39 is 0 Å². The van der Waals surface area contributed by atoms with Crippen molar-refractivity contribution in [2.24, 2.45) is 0 Å². The first-order valence-electron chi connectivity index (χ1n) is 6.17. The molecule has 1 aliphatic rings. The fourth-order valence-corrected chi connectivity index (χ4v) is 2.30. The minimum absolute atomic E-state index is 0.0278. The summed E-state index contributed by atoms with van der Waals surface area (Å²) >= 11 is 0. The standard InChI is InChI=1S/C14H19NO2/c1-17-14-9-5-6-10-15(14)13(16)11-12-7-3-2-4-8-12/h2-4,7-8,14H,5-6,9-11H2,1H3. The molecule has 1 amide bonds. The molecule has 1 fully saturated rings. The molecule has 1 atom stereocenters. The van der Waals surface area contributed by atoms with Crippen LogP contribution in [-0.4, -0.2) is 30.7 Å². The lowest BCUT2D eigenvalue weighted by molar-refractivity contribution is -0.146. The molecular formula is C14H19NO2. The molecule has 0 N–H and O–H groups in total. The molecule has 3 heteroatoms. The van der Waals surface area contributed by atoms with Crippen LogP contribution in [-0.2, 0) is 16.0 Å². The quantitative estimate of drug-likeness (QED) is 0.801. The molecule has 2 rings (SSSR count). The highest BCUT2D eigenvalue weighted by atomic mass is 16.5. The van der Waals surface area contributed by atoms with Gasteiger partial charge in [0.15, 0.2) is 0 Å². The van der Waals surface area contributed by atoms with E-state index in [2.05, 4.69) is 0 Å². The molecule has 1 aliphatic heterocycles. The molecule has 0 aliphatic carbocycles. The van der Waals surface area contributed by atoms with Crippen molar-refractivity contribution in [1.82, 2.24) is 4.90 Å². The van der Waals surface area contributed by atoms with E-state index in [1.54, 1.807) is 7.11 Å². The van der Waals surface area contributed by atoms with Crippen molar-refractivity contribution >= 4 is 5.91 Å². The van der Waals surface area contributed by atoms with Crippen LogP contribution in [0.25, 0.3) is 0 Å². The normalized spacial score (nSPS) is 20.3. The second-order valence-corrected chi connectivity index (χ2v) is 4.44. The minimum atomic E-state index is -0.0278. The maximum atomic E-state index is 12.2. The zero-order valence-electron chi connectivity index (χ0n) is 10.3. The van der Waals surface area contributed by atoms with E-state index in [1.807, 2.05) is 35.2 Å². The van der Waals surface area contributed by atoms with Crippen molar-refractivity contribution in [2.75, 3.05) is 13.7 Å². The Morgan fingerprint density at radius 3 is 2.82 bits per heavy atom. The van der Waals surface area contributed by atoms with Crippen molar-refractivity contribution in [3.05, 3.63) is 35.9 Å². The van der Waals surface area contributed by atoms with Gasteiger partial charge in [0.1, 0.15) is 6.23 Å².